The molecule has 5 heteroatoms. The minimum Gasteiger partial charge on any atom is -0.344 e. The molecule has 0 saturated heterocycles. The lowest BCUT2D eigenvalue weighted by molar-refractivity contribution is 0.0832. The number of carbonyl (C=O) groups excluding carboxylic acids is 1. The molecule has 20 heavy (non-hydrogen) atoms. The van der Waals surface area contributed by atoms with Crippen LogP contribution in [0.2, 0.25) is 0 Å². The Morgan fingerprint density at radius 3 is 2.60 bits per heavy atom. The predicted molar refractivity (Wildman–Crippen MR) is 81.7 cm³/mol. The lowest BCUT2D eigenvalue weighted by Crippen LogP contribution is -2.20. The van der Waals surface area contributed by atoms with E-state index in [0.717, 1.165) is 26.5 Å². The van der Waals surface area contributed by atoms with Crippen molar-refractivity contribution in [3.63, 3.8) is 0 Å². The summed E-state index contributed by atoms with van der Waals surface area (Å²) < 4.78 is 1.90. The summed E-state index contributed by atoms with van der Waals surface area (Å²) in [7, 11) is 3.53. The van der Waals surface area contributed by atoms with Crippen molar-refractivity contribution in [2.75, 3.05) is 14.1 Å². The first-order valence-corrected chi connectivity index (χ1v) is 7.16. The third-order valence-corrected chi connectivity index (χ3v) is 4.26. The van der Waals surface area contributed by atoms with E-state index < -0.39 is 0 Å². The highest BCUT2D eigenvalue weighted by Gasteiger charge is 2.17. The molecule has 0 atom stereocenters. The predicted octanol–water partition coefficient (Wildman–Crippen LogP) is 3.10. The highest BCUT2D eigenvalue weighted by Crippen LogP contribution is 2.30. The van der Waals surface area contributed by atoms with Crippen LogP contribution in [-0.4, -0.2) is 34.7 Å². The molecule has 2 aromatic heterocycles. The fraction of sp³-hybridized carbons (Fsp3) is 0.200. The quantitative estimate of drug-likeness (QED) is 0.725. The Bertz CT molecular complexity index is 771. The highest BCUT2D eigenvalue weighted by molar-refractivity contribution is 7.20. The topological polar surface area (TPSA) is 38.1 Å². The Labute approximate surface area is 121 Å². The maximum Gasteiger partial charge on any atom is 0.263 e. The second kappa shape index (κ2) is 4.76. The summed E-state index contributed by atoms with van der Waals surface area (Å²) in [5.41, 5.74) is 1.95. The Morgan fingerprint density at radius 1 is 1.25 bits per heavy atom. The Kier molecular flexibility index (Phi) is 3.06. The van der Waals surface area contributed by atoms with E-state index in [9.17, 15) is 4.79 Å². The number of aryl methyl sites for hydroxylation is 1. The summed E-state index contributed by atoms with van der Waals surface area (Å²) in [6.45, 7) is 1.97. The molecule has 102 valence electrons. The van der Waals surface area contributed by atoms with Crippen molar-refractivity contribution in [1.29, 1.82) is 0 Å². The average Bonchev–Trinajstić information content (AvgIpc) is 3.00. The van der Waals surface area contributed by atoms with Gasteiger partial charge >= 0.3 is 0 Å². The number of hydrogen-bond acceptors (Lipinski definition) is 3. The molecule has 4 nitrogen and oxygen atoms in total. The van der Waals surface area contributed by atoms with Crippen LogP contribution in [0.4, 0.5) is 0 Å². The fourth-order valence-corrected chi connectivity index (χ4v) is 3.32. The van der Waals surface area contributed by atoms with Gasteiger partial charge in [0, 0.05) is 19.5 Å². The zero-order chi connectivity index (χ0) is 14.3. The van der Waals surface area contributed by atoms with Gasteiger partial charge in [-0.3, -0.25) is 4.79 Å². The van der Waals surface area contributed by atoms with E-state index in [2.05, 4.69) is 5.10 Å². The molecule has 0 unspecified atom stereocenters. The number of benzene rings is 1. The first-order chi connectivity index (χ1) is 9.58. The molecule has 0 radical (unpaired) electrons. The van der Waals surface area contributed by atoms with Crippen LogP contribution in [0.5, 0.6) is 0 Å². The second-order valence-electron chi connectivity index (χ2n) is 4.86. The van der Waals surface area contributed by atoms with Gasteiger partial charge in [-0.15, -0.1) is 11.3 Å². The summed E-state index contributed by atoms with van der Waals surface area (Å²) in [6.07, 6.45) is 0. The monoisotopic (exact) mass is 285 g/mol. The van der Waals surface area contributed by atoms with Gasteiger partial charge in [0.2, 0.25) is 0 Å². The van der Waals surface area contributed by atoms with E-state index in [4.69, 9.17) is 0 Å². The largest absolute Gasteiger partial charge is 0.344 e. The van der Waals surface area contributed by atoms with Crippen LogP contribution in [0.25, 0.3) is 15.9 Å². The Balaban J connectivity index is 2.18. The van der Waals surface area contributed by atoms with Gasteiger partial charge in [0.1, 0.15) is 4.83 Å². The average molecular weight is 285 g/mol. The van der Waals surface area contributed by atoms with Crippen molar-refractivity contribution in [3.05, 3.63) is 47.0 Å². The van der Waals surface area contributed by atoms with Crippen LogP contribution in [0.1, 0.15) is 15.4 Å². The number of nitrogens with zero attached hydrogens (tertiary/aromatic N) is 3. The van der Waals surface area contributed by atoms with Crippen molar-refractivity contribution < 1.29 is 4.79 Å². The molecule has 0 bridgehead atoms. The number of para-hydroxylation sites is 1. The van der Waals surface area contributed by atoms with Crippen LogP contribution in [0, 0.1) is 6.92 Å². The van der Waals surface area contributed by atoms with Gasteiger partial charge in [0.25, 0.3) is 5.91 Å². The molecule has 0 aliphatic carbocycles. The molecule has 0 N–H and O–H groups in total. The molecule has 2 heterocycles. The van der Waals surface area contributed by atoms with E-state index >= 15 is 0 Å². The first-order valence-electron chi connectivity index (χ1n) is 6.34. The fourth-order valence-electron chi connectivity index (χ4n) is 2.12. The molecule has 0 aliphatic heterocycles. The Morgan fingerprint density at radius 2 is 1.95 bits per heavy atom. The van der Waals surface area contributed by atoms with E-state index in [-0.39, 0.29) is 5.91 Å². The molecule has 3 rings (SSSR count). The molecule has 0 fully saturated rings. The normalized spacial score (nSPS) is 10.9. The molecular weight excluding hydrogens is 270 g/mol. The van der Waals surface area contributed by atoms with E-state index in [1.165, 1.54) is 11.3 Å². The zero-order valence-electron chi connectivity index (χ0n) is 11.6. The number of aromatic nitrogens is 2. The smallest absolute Gasteiger partial charge is 0.263 e. The van der Waals surface area contributed by atoms with Gasteiger partial charge in [-0.1, -0.05) is 18.2 Å². The van der Waals surface area contributed by atoms with Gasteiger partial charge in [0.05, 0.1) is 16.3 Å². The summed E-state index contributed by atoms with van der Waals surface area (Å²) in [4.78, 5) is 15.4. The molecule has 0 spiro atoms. The molecule has 0 aliphatic rings. The molecule has 0 saturated carbocycles. The third-order valence-electron chi connectivity index (χ3n) is 3.16. The van der Waals surface area contributed by atoms with Gasteiger partial charge in [-0.25, -0.2) is 4.68 Å². The van der Waals surface area contributed by atoms with Crippen molar-refractivity contribution in [1.82, 2.24) is 14.7 Å². The maximum atomic E-state index is 12.1. The zero-order valence-corrected chi connectivity index (χ0v) is 12.4. The third kappa shape index (κ3) is 2.00. The van der Waals surface area contributed by atoms with Crippen molar-refractivity contribution in [2.45, 2.75) is 6.92 Å². The highest BCUT2D eigenvalue weighted by atomic mass is 32.1. The lowest BCUT2D eigenvalue weighted by atomic mass is 10.3. The first kappa shape index (κ1) is 12.9. The van der Waals surface area contributed by atoms with Gasteiger partial charge in [-0.2, -0.15) is 5.10 Å². The van der Waals surface area contributed by atoms with Gasteiger partial charge < -0.3 is 4.90 Å². The van der Waals surface area contributed by atoms with Gasteiger partial charge in [-0.05, 0) is 25.1 Å². The van der Waals surface area contributed by atoms with Crippen LogP contribution < -0.4 is 0 Å². The number of hydrogen-bond donors (Lipinski definition) is 0. The van der Waals surface area contributed by atoms with Crippen molar-refractivity contribution >= 4 is 27.5 Å². The minimum absolute atomic E-state index is 0.0326. The van der Waals surface area contributed by atoms with E-state index in [1.54, 1.807) is 19.0 Å². The standard InChI is InChI=1S/C15H15N3OS/c1-10-12-9-13(14(19)17(2)3)20-15(12)18(16-10)11-7-5-4-6-8-11/h4-9H,1-3H3. The van der Waals surface area contributed by atoms with Crippen molar-refractivity contribution in [2.24, 2.45) is 0 Å². The summed E-state index contributed by atoms with van der Waals surface area (Å²) in [5.74, 6) is 0.0326. The van der Waals surface area contributed by atoms with Crippen molar-refractivity contribution in [3.8, 4) is 5.69 Å². The number of amides is 1. The summed E-state index contributed by atoms with van der Waals surface area (Å²) >= 11 is 1.49. The number of fused-ring (bicyclic) bond motifs is 1. The maximum absolute atomic E-state index is 12.1. The minimum atomic E-state index is 0.0326. The van der Waals surface area contributed by atoms with Crippen LogP contribution in [-0.2, 0) is 0 Å². The molecule has 3 aromatic rings. The van der Waals surface area contributed by atoms with E-state index in [0.29, 0.717) is 0 Å². The SMILES string of the molecule is Cc1nn(-c2ccccc2)c2sc(C(=O)N(C)C)cc12. The molecule has 1 aromatic carbocycles. The number of carbonyl (C=O) groups is 1. The van der Waals surface area contributed by atoms with Crippen LogP contribution in [0.15, 0.2) is 36.4 Å². The van der Waals surface area contributed by atoms with Crippen LogP contribution >= 0.6 is 11.3 Å². The lowest BCUT2D eigenvalue weighted by Gasteiger charge is -2.07. The second-order valence-corrected chi connectivity index (χ2v) is 5.89. The molecule has 1 amide bonds. The van der Waals surface area contributed by atoms with Crippen LogP contribution in [0.3, 0.4) is 0 Å². The summed E-state index contributed by atoms with van der Waals surface area (Å²) in [6, 6.07) is 11.9. The van der Waals surface area contributed by atoms with Gasteiger partial charge in [0.15, 0.2) is 0 Å². The number of thiophene rings is 1. The number of rotatable bonds is 2. The molecular formula is C15H15N3OS. The Hall–Kier alpha value is -2.14. The summed E-state index contributed by atoms with van der Waals surface area (Å²) in [5, 5.41) is 5.61. The van der Waals surface area contributed by atoms with E-state index in [1.807, 2.05) is 48.0 Å².